The fourth-order valence-electron chi connectivity index (χ4n) is 3.70. The minimum Gasteiger partial charge on any atom is -0.475 e. The Balaban J connectivity index is 0.000000344. The van der Waals surface area contributed by atoms with Crippen LogP contribution >= 0.6 is 0 Å². The van der Waals surface area contributed by atoms with Gasteiger partial charge in [0.2, 0.25) is 0 Å². The minimum atomic E-state index is -5.08. The average Bonchev–Trinajstić information content (AvgIpc) is 3.59. The number of fused-ring (bicyclic) bond motifs is 1. The summed E-state index contributed by atoms with van der Waals surface area (Å²) in [4.78, 5) is 32.8. The van der Waals surface area contributed by atoms with E-state index in [0.717, 1.165) is 54.2 Å². The summed E-state index contributed by atoms with van der Waals surface area (Å²) in [6.07, 6.45) is 4.51. The van der Waals surface area contributed by atoms with Crippen LogP contribution in [0.2, 0.25) is 0 Å². The molecule has 0 spiro atoms. The quantitative estimate of drug-likeness (QED) is 0.487. The zero-order valence-electron chi connectivity index (χ0n) is 17.8. The molecule has 4 aromatic rings. The third kappa shape index (κ3) is 4.77. The van der Waals surface area contributed by atoms with E-state index < -0.39 is 12.1 Å². The number of hydrogen-bond acceptors (Lipinski definition) is 4. The lowest BCUT2D eigenvalue weighted by molar-refractivity contribution is -0.192. The molecule has 176 valence electrons. The number of nitrogens with zero attached hydrogens (tertiary/aromatic N) is 5. The maximum Gasteiger partial charge on any atom is 0.490 e. The van der Waals surface area contributed by atoms with Crippen LogP contribution in [-0.4, -0.2) is 60.1 Å². The molecule has 8 nitrogen and oxygen atoms in total. The number of rotatable bonds is 3. The SMILES string of the molecule is O=C(O)C(F)(F)F.O=C(c1cc(-c2cn(-c3ccccn3)cn2)n2ccccc12)N1CCCC1. The van der Waals surface area contributed by atoms with Crippen molar-refractivity contribution < 1.29 is 27.9 Å². The molecule has 0 saturated carbocycles. The van der Waals surface area contributed by atoms with Crippen LogP contribution in [0.15, 0.2) is 67.4 Å². The predicted molar refractivity (Wildman–Crippen MR) is 117 cm³/mol. The van der Waals surface area contributed by atoms with E-state index in [1.54, 1.807) is 12.5 Å². The van der Waals surface area contributed by atoms with Gasteiger partial charge in [-0.1, -0.05) is 12.1 Å². The maximum absolute atomic E-state index is 13.0. The van der Waals surface area contributed by atoms with Crippen LogP contribution < -0.4 is 0 Å². The number of hydrogen-bond donors (Lipinski definition) is 1. The number of amides is 1. The molecule has 0 atom stereocenters. The standard InChI is InChI=1S/C21H19N5O.C2HF3O2/c27-21(24-10-5-6-11-24)16-13-19(26-12-4-2-7-18(16)26)17-14-25(15-23-17)20-8-1-3-9-22-20;3-2(4,5)1(6)7/h1-4,7-9,12-15H,5-6,10-11H2;(H,6,7). The summed E-state index contributed by atoms with van der Waals surface area (Å²) < 4.78 is 35.7. The Hall–Kier alpha value is -4.15. The Morgan fingerprint density at radius 2 is 1.71 bits per heavy atom. The van der Waals surface area contributed by atoms with Crippen molar-refractivity contribution in [3.8, 4) is 17.2 Å². The molecule has 0 unspecified atom stereocenters. The Labute approximate surface area is 191 Å². The summed E-state index contributed by atoms with van der Waals surface area (Å²) in [7, 11) is 0. The first-order valence-electron chi connectivity index (χ1n) is 10.4. The predicted octanol–water partition coefficient (Wildman–Crippen LogP) is 4.06. The third-order valence-corrected chi connectivity index (χ3v) is 5.30. The van der Waals surface area contributed by atoms with Crippen LogP contribution in [0.4, 0.5) is 13.2 Å². The van der Waals surface area contributed by atoms with Gasteiger partial charge in [0.1, 0.15) is 17.8 Å². The highest BCUT2D eigenvalue weighted by Gasteiger charge is 2.38. The first kappa shape index (κ1) is 23.0. The van der Waals surface area contributed by atoms with Crippen LogP contribution in [0.1, 0.15) is 23.2 Å². The number of halogens is 3. The van der Waals surface area contributed by atoms with Gasteiger partial charge in [0.05, 0.1) is 16.8 Å². The second-order valence-electron chi connectivity index (χ2n) is 7.56. The lowest BCUT2D eigenvalue weighted by Gasteiger charge is -2.14. The van der Waals surface area contributed by atoms with Crippen molar-refractivity contribution in [3.63, 3.8) is 0 Å². The molecular weight excluding hydrogens is 451 g/mol. The smallest absolute Gasteiger partial charge is 0.475 e. The van der Waals surface area contributed by atoms with Gasteiger partial charge in [0, 0.05) is 31.7 Å². The van der Waals surface area contributed by atoms with Gasteiger partial charge in [-0.15, -0.1) is 0 Å². The molecule has 0 bridgehead atoms. The van der Waals surface area contributed by atoms with Crippen molar-refractivity contribution in [2.45, 2.75) is 19.0 Å². The van der Waals surface area contributed by atoms with Crippen LogP contribution in [0.25, 0.3) is 22.7 Å². The van der Waals surface area contributed by atoms with Gasteiger partial charge in [0.25, 0.3) is 5.91 Å². The summed E-state index contributed by atoms with van der Waals surface area (Å²) in [5, 5.41) is 7.12. The molecule has 1 N–H and O–H groups in total. The van der Waals surface area contributed by atoms with E-state index in [9.17, 15) is 18.0 Å². The molecular formula is C23H20F3N5O3. The summed E-state index contributed by atoms with van der Waals surface area (Å²) in [5.74, 6) is -1.84. The number of aliphatic carboxylic acids is 1. The van der Waals surface area contributed by atoms with Crippen molar-refractivity contribution in [2.24, 2.45) is 0 Å². The fraction of sp³-hybridized carbons (Fsp3) is 0.217. The molecule has 0 aromatic carbocycles. The number of carbonyl (C=O) groups excluding carboxylic acids is 1. The van der Waals surface area contributed by atoms with Crippen LogP contribution in [0.5, 0.6) is 0 Å². The highest BCUT2D eigenvalue weighted by atomic mass is 19.4. The van der Waals surface area contributed by atoms with E-state index in [0.29, 0.717) is 0 Å². The molecule has 1 amide bonds. The van der Waals surface area contributed by atoms with Crippen LogP contribution in [-0.2, 0) is 4.79 Å². The fourth-order valence-corrected chi connectivity index (χ4v) is 3.70. The second kappa shape index (κ2) is 9.38. The molecule has 1 aliphatic rings. The number of imidazole rings is 1. The first-order valence-corrected chi connectivity index (χ1v) is 10.4. The van der Waals surface area contributed by atoms with E-state index >= 15 is 0 Å². The number of likely N-dealkylation sites (tertiary alicyclic amines) is 1. The van der Waals surface area contributed by atoms with Crippen LogP contribution in [0, 0.1) is 0 Å². The monoisotopic (exact) mass is 471 g/mol. The molecule has 34 heavy (non-hydrogen) atoms. The van der Waals surface area contributed by atoms with E-state index in [-0.39, 0.29) is 5.91 Å². The van der Waals surface area contributed by atoms with Crippen molar-refractivity contribution >= 4 is 17.4 Å². The van der Waals surface area contributed by atoms with Crippen molar-refractivity contribution in [3.05, 3.63) is 72.9 Å². The summed E-state index contributed by atoms with van der Waals surface area (Å²) in [5.41, 5.74) is 3.36. The molecule has 1 saturated heterocycles. The largest absolute Gasteiger partial charge is 0.490 e. The number of carbonyl (C=O) groups is 2. The molecule has 1 aliphatic heterocycles. The Bertz CT molecular complexity index is 1310. The number of aromatic nitrogens is 4. The van der Waals surface area contributed by atoms with E-state index in [1.165, 1.54) is 0 Å². The van der Waals surface area contributed by atoms with E-state index in [1.807, 2.05) is 68.7 Å². The maximum atomic E-state index is 13.0. The van der Waals surface area contributed by atoms with E-state index in [4.69, 9.17) is 9.90 Å². The molecule has 4 aromatic heterocycles. The van der Waals surface area contributed by atoms with Gasteiger partial charge in [-0.05, 0) is 43.2 Å². The summed E-state index contributed by atoms with van der Waals surface area (Å²) in [6.45, 7) is 1.68. The lowest BCUT2D eigenvalue weighted by Crippen LogP contribution is -2.27. The van der Waals surface area contributed by atoms with Gasteiger partial charge < -0.3 is 14.4 Å². The second-order valence-corrected chi connectivity index (χ2v) is 7.56. The zero-order chi connectivity index (χ0) is 24.3. The van der Waals surface area contributed by atoms with Gasteiger partial charge >= 0.3 is 12.1 Å². The highest BCUT2D eigenvalue weighted by Crippen LogP contribution is 2.27. The van der Waals surface area contributed by atoms with Crippen molar-refractivity contribution in [2.75, 3.05) is 13.1 Å². The lowest BCUT2D eigenvalue weighted by atomic mass is 10.2. The Morgan fingerprint density at radius 1 is 1.00 bits per heavy atom. The first-order chi connectivity index (χ1) is 16.3. The Morgan fingerprint density at radius 3 is 2.35 bits per heavy atom. The van der Waals surface area contributed by atoms with Gasteiger partial charge in [0.15, 0.2) is 0 Å². The molecule has 0 aliphatic carbocycles. The summed E-state index contributed by atoms with van der Waals surface area (Å²) >= 11 is 0. The topological polar surface area (TPSA) is 92.7 Å². The van der Waals surface area contributed by atoms with Crippen molar-refractivity contribution in [1.82, 2.24) is 23.8 Å². The third-order valence-electron chi connectivity index (χ3n) is 5.30. The van der Waals surface area contributed by atoms with Gasteiger partial charge in [-0.2, -0.15) is 13.2 Å². The molecule has 1 fully saturated rings. The Kier molecular flexibility index (Phi) is 6.35. The highest BCUT2D eigenvalue weighted by molar-refractivity contribution is 6.02. The number of carboxylic acids is 1. The van der Waals surface area contributed by atoms with Gasteiger partial charge in [-0.3, -0.25) is 9.36 Å². The normalized spacial score (nSPS) is 13.6. The van der Waals surface area contributed by atoms with Crippen molar-refractivity contribution in [1.29, 1.82) is 0 Å². The minimum absolute atomic E-state index is 0.103. The van der Waals surface area contributed by atoms with E-state index in [2.05, 4.69) is 9.97 Å². The molecule has 0 radical (unpaired) electrons. The molecule has 5 rings (SSSR count). The average molecular weight is 471 g/mol. The number of pyridine rings is 2. The van der Waals surface area contributed by atoms with Crippen LogP contribution in [0.3, 0.4) is 0 Å². The number of alkyl halides is 3. The summed E-state index contributed by atoms with van der Waals surface area (Å²) in [6, 6.07) is 13.6. The molecule has 11 heteroatoms. The zero-order valence-corrected chi connectivity index (χ0v) is 17.8. The molecule has 5 heterocycles. The van der Waals surface area contributed by atoms with Gasteiger partial charge in [-0.25, -0.2) is 14.8 Å². The number of carboxylic acid groups (broad SMARTS) is 1.